The first-order valence-electron chi connectivity index (χ1n) is 4.00. The van der Waals surface area contributed by atoms with Crippen LogP contribution in [0.1, 0.15) is 12.8 Å². The van der Waals surface area contributed by atoms with Gasteiger partial charge < -0.3 is 11.1 Å². The molecule has 0 heterocycles. The van der Waals surface area contributed by atoms with Gasteiger partial charge in [-0.2, -0.15) is 0 Å². The zero-order valence-corrected chi connectivity index (χ0v) is 7.62. The lowest BCUT2D eigenvalue weighted by atomic mass is 10.2. The third-order valence-corrected chi connectivity index (χ3v) is 2.11. The highest BCUT2D eigenvalue weighted by Gasteiger charge is 2.03. The molecule has 4 heteroatoms. The normalized spacial score (nSPS) is 10.4. The molecule has 0 radical (unpaired) electrons. The molecule has 0 bridgehead atoms. The average Bonchev–Trinajstić information content (AvgIpc) is 2.10. The summed E-state index contributed by atoms with van der Waals surface area (Å²) < 4.78 is 0.433. The van der Waals surface area contributed by atoms with E-state index >= 15 is 0 Å². The number of anilines is 1. The third-order valence-electron chi connectivity index (χ3n) is 1.69. The lowest BCUT2D eigenvalue weighted by Crippen LogP contribution is -2.14. The molecular weight excluding hydrogens is 172 g/mol. The summed E-state index contributed by atoms with van der Waals surface area (Å²) in [5.41, 5.74) is 6.10. The van der Waals surface area contributed by atoms with Crippen molar-refractivity contribution in [3.05, 3.63) is 20.8 Å². The molecule has 0 aromatic heterocycles. The van der Waals surface area contributed by atoms with Gasteiger partial charge in [0.2, 0.25) is 5.43 Å². The van der Waals surface area contributed by atoms with Crippen LogP contribution >= 0.6 is 12.2 Å². The number of nitrogens with two attached hydrogens (primary N) is 1. The zero-order chi connectivity index (χ0) is 8.97. The fourth-order valence-corrected chi connectivity index (χ4v) is 1.13. The van der Waals surface area contributed by atoms with E-state index in [1.165, 1.54) is 6.07 Å². The van der Waals surface area contributed by atoms with Gasteiger partial charge in [0.05, 0.1) is 5.69 Å². The van der Waals surface area contributed by atoms with Gasteiger partial charge in [-0.1, -0.05) is 12.2 Å². The summed E-state index contributed by atoms with van der Waals surface area (Å²) in [7, 11) is 0. The van der Waals surface area contributed by atoms with Gasteiger partial charge in [-0.25, -0.2) is 0 Å². The summed E-state index contributed by atoms with van der Waals surface area (Å²) in [6.45, 7) is 1.56. The van der Waals surface area contributed by atoms with Crippen LogP contribution in [0.4, 0.5) is 5.69 Å². The summed E-state index contributed by atoms with van der Waals surface area (Å²) in [6, 6.07) is 1.53. The summed E-state index contributed by atoms with van der Waals surface area (Å²) in [5.74, 6) is 0. The van der Waals surface area contributed by atoms with E-state index in [0.717, 1.165) is 25.1 Å². The molecule has 12 heavy (non-hydrogen) atoms. The lowest BCUT2D eigenvalue weighted by molar-refractivity contribution is 0.773. The van der Waals surface area contributed by atoms with E-state index in [2.05, 4.69) is 5.32 Å². The van der Waals surface area contributed by atoms with Crippen LogP contribution in [0.5, 0.6) is 0 Å². The van der Waals surface area contributed by atoms with Crippen molar-refractivity contribution < 1.29 is 0 Å². The molecule has 3 nitrogen and oxygen atoms in total. The van der Waals surface area contributed by atoms with Crippen molar-refractivity contribution in [2.24, 2.45) is 5.73 Å². The van der Waals surface area contributed by atoms with Crippen molar-refractivity contribution in [3.63, 3.8) is 0 Å². The molecule has 0 aliphatic carbocycles. The van der Waals surface area contributed by atoms with Crippen molar-refractivity contribution >= 4 is 17.9 Å². The van der Waals surface area contributed by atoms with Gasteiger partial charge in [0.15, 0.2) is 0 Å². The van der Waals surface area contributed by atoms with Crippen molar-refractivity contribution in [1.29, 1.82) is 0 Å². The Morgan fingerprint density at radius 3 is 2.75 bits per heavy atom. The monoisotopic (exact) mass is 184 g/mol. The molecule has 0 saturated carbocycles. The smallest absolute Gasteiger partial charge is 0.200 e. The highest BCUT2D eigenvalue weighted by atomic mass is 32.1. The van der Waals surface area contributed by atoms with Crippen LogP contribution in [0, 0.1) is 4.51 Å². The minimum atomic E-state index is -0.0358. The fraction of sp³-hybridized carbons (Fsp3) is 0.500. The van der Waals surface area contributed by atoms with E-state index < -0.39 is 0 Å². The maximum atomic E-state index is 10.7. The molecule has 0 spiro atoms. The Morgan fingerprint density at radius 2 is 2.25 bits per heavy atom. The van der Waals surface area contributed by atoms with Crippen LogP contribution in [0.15, 0.2) is 10.9 Å². The molecule has 1 aromatic carbocycles. The maximum absolute atomic E-state index is 10.7. The Labute approximate surface area is 76.3 Å². The Bertz CT molecular complexity index is 314. The van der Waals surface area contributed by atoms with Gasteiger partial charge in [0, 0.05) is 12.6 Å². The van der Waals surface area contributed by atoms with E-state index in [4.69, 9.17) is 18.0 Å². The fourth-order valence-electron chi connectivity index (χ4n) is 0.941. The highest BCUT2D eigenvalue weighted by molar-refractivity contribution is 7.71. The van der Waals surface area contributed by atoms with E-state index in [9.17, 15) is 4.79 Å². The minimum Gasteiger partial charge on any atom is -0.384 e. The van der Waals surface area contributed by atoms with E-state index in [1.54, 1.807) is 0 Å². The maximum Gasteiger partial charge on any atom is 0.200 e. The first-order chi connectivity index (χ1) is 5.75. The number of nitrogens with one attached hydrogen (secondary N) is 1. The van der Waals surface area contributed by atoms with Gasteiger partial charge in [-0.15, -0.1) is 0 Å². The molecule has 0 amide bonds. The van der Waals surface area contributed by atoms with Crippen LogP contribution in [0.25, 0.3) is 0 Å². The first kappa shape index (κ1) is 9.35. The third kappa shape index (κ3) is 2.12. The summed E-state index contributed by atoms with van der Waals surface area (Å²) in [4.78, 5) is 10.7. The predicted molar refractivity (Wildman–Crippen MR) is 52.7 cm³/mol. The van der Waals surface area contributed by atoms with Crippen molar-refractivity contribution in [2.45, 2.75) is 12.8 Å². The summed E-state index contributed by atoms with van der Waals surface area (Å²) in [6.07, 6.45) is 2.02. The van der Waals surface area contributed by atoms with E-state index in [-0.39, 0.29) is 5.43 Å². The van der Waals surface area contributed by atoms with Gasteiger partial charge in [0.25, 0.3) is 0 Å². The molecule has 3 N–H and O–H groups in total. The van der Waals surface area contributed by atoms with Crippen molar-refractivity contribution in [2.75, 3.05) is 18.4 Å². The largest absolute Gasteiger partial charge is 0.384 e. The second kappa shape index (κ2) is 4.33. The molecule has 66 valence electrons. The number of hydrogen-bond donors (Lipinski definition) is 2. The molecule has 0 fully saturated rings. The minimum absolute atomic E-state index is 0.0358. The molecule has 0 aliphatic heterocycles. The molecule has 0 saturated heterocycles. The van der Waals surface area contributed by atoms with Gasteiger partial charge >= 0.3 is 0 Å². The number of rotatable bonds is 5. The Kier molecular flexibility index (Phi) is 3.37. The molecule has 0 atom stereocenters. The second-order valence-electron chi connectivity index (χ2n) is 2.67. The van der Waals surface area contributed by atoms with E-state index in [0.29, 0.717) is 11.1 Å². The highest BCUT2D eigenvalue weighted by Crippen LogP contribution is 2.07. The summed E-state index contributed by atoms with van der Waals surface area (Å²) in [5, 5.41) is 3.08. The summed E-state index contributed by atoms with van der Waals surface area (Å²) >= 11 is 4.80. The number of hydrogen-bond acceptors (Lipinski definition) is 4. The number of unbranched alkanes of at least 4 members (excludes halogenated alkanes) is 1. The van der Waals surface area contributed by atoms with Gasteiger partial charge in [0.1, 0.15) is 4.51 Å². The Hall–Kier alpha value is -0.740. The first-order valence-corrected chi connectivity index (χ1v) is 4.41. The van der Waals surface area contributed by atoms with Crippen molar-refractivity contribution in [3.8, 4) is 0 Å². The van der Waals surface area contributed by atoms with E-state index in [1.807, 2.05) is 0 Å². The standard InChI is InChI=1S/C8H12N2OS/c9-3-1-2-4-10-6-5-7(11)8(6)12/h5,10H,1-4,9H2. The van der Waals surface area contributed by atoms with Crippen LogP contribution in [0.3, 0.4) is 0 Å². The zero-order valence-electron chi connectivity index (χ0n) is 6.80. The van der Waals surface area contributed by atoms with Crippen LogP contribution in [-0.4, -0.2) is 13.1 Å². The molecule has 0 unspecified atom stereocenters. The van der Waals surface area contributed by atoms with Gasteiger partial charge in [-0.3, -0.25) is 4.79 Å². The second-order valence-corrected chi connectivity index (χ2v) is 3.08. The molecule has 1 rings (SSSR count). The van der Waals surface area contributed by atoms with Gasteiger partial charge in [-0.05, 0) is 19.4 Å². The van der Waals surface area contributed by atoms with Crippen molar-refractivity contribution in [1.82, 2.24) is 0 Å². The Morgan fingerprint density at radius 1 is 1.50 bits per heavy atom. The topological polar surface area (TPSA) is 55.1 Å². The average molecular weight is 184 g/mol. The predicted octanol–water partition coefficient (Wildman–Crippen LogP) is 0.803. The molecule has 1 aromatic rings. The van der Waals surface area contributed by atoms with Crippen LogP contribution in [0.2, 0.25) is 0 Å². The molecular formula is C8H12N2OS. The quantitative estimate of drug-likeness (QED) is 0.525. The molecule has 0 aliphatic rings. The van der Waals surface area contributed by atoms with Crippen LogP contribution < -0.4 is 16.5 Å². The SMILES string of the molecule is NCCCCNc1cc(=O)c1=S. The van der Waals surface area contributed by atoms with Crippen LogP contribution in [-0.2, 0) is 0 Å². The lowest BCUT2D eigenvalue weighted by Gasteiger charge is -2.06. The Balaban J connectivity index is 2.23.